The highest BCUT2D eigenvalue weighted by molar-refractivity contribution is 7.09. The smallest absolute Gasteiger partial charge is 0.129 e. The molecule has 4 heteroatoms. The molecule has 1 aromatic heterocycles. The first kappa shape index (κ1) is 19.6. The maximum atomic E-state index is 6.19. The van der Waals surface area contributed by atoms with Crippen LogP contribution in [0, 0.1) is 0 Å². The SMILES string of the molecule is CNCCc1nc(-c2cc(C(C)(C)C)ccc2OCc2ccccc2)cs1. The summed E-state index contributed by atoms with van der Waals surface area (Å²) in [7, 11) is 1.97. The Morgan fingerprint density at radius 2 is 1.85 bits per heavy atom. The zero-order valence-electron chi connectivity index (χ0n) is 16.6. The Bertz CT molecular complexity index is 866. The van der Waals surface area contributed by atoms with Crippen LogP contribution in [0.3, 0.4) is 0 Å². The second kappa shape index (κ2) is 8.68. The molecule has 0 aliphatic rings. The molecule has 0 radical (unpaired) electrons. The van der Waals surface area contributed by atoms with E-state index in [2.05, 4.69) is 61.8 Å². The molecule has 3 rings (SSSR count). The lowest BCUT2D eigenvalue weighted by molar-refractivity contribution is 0.307. The van der Waals surface area contributed by atoms with Crippen LogP contribution in [0.2, 0.25) is 0 Å². The third-order valence-electron chi connectivity index (χ3n) is 4.50. The summed E-state index contributed by atoms with van der Waals surface area (Å²) in [6, 6.07) is 16.8. The number of thiazole rings is 1. The van der Waals surface area contributed by atoms with Crippen molar-refractivity contribution in [2.75, 3.05) is 13.6 Å². The van der Waals surface area contributed by atoms with Crippen molar-refractivity contribution in [2.24, 2.45) is 0 Å². The van der Waals surface area contributed by atoms with Crippen molar-refractivity contribution < 1.29 is 4.74 Å². The minimum absolute atomic E-state index is 0.0810. The van der Waals surface area contributed by atoms with Gasteiger partial charge in [0.05, 0.1) is 10.7 Å². The number of rotatable bonds is 7. The largest absolute Gasteiger partial charge is 0.488 e. The summed E-state index contributed by atoms with van der Waals surface area (Å²) in [6.07, 6.45) is 0.945. The zero-order chi connectivity index (χ0) is 19.3. The Hall–Kier alpha value is -2.17. The van der Waals surface area contributed by atoms with Crippen LogP contribution in [0.25, 0.3) is 11.3 Å². The van der Waals surface area contributed by atoms with Gasteiger partial charge in [-0.3, -0.25) is 0 Å². The molecule has 0 saturated carbocycles. The van der Waals surface area contributed by atoms with Gasteiger partial charge >= 0.3 is 0 Å². The molecule has 0 aliphatic heterocycles. The fourth-order valence-electron chi connectivity index (χ4n) is 2.84. The maximum absolute atomic E-state index is 6.19. The van der Waals surface area contributed by atoms with Crippen LogP contribution < -0.4 is 10.1 Å². The average Bonchev–Trinajstić information content (AvgIpc) is 3.13. The molecule has 0 atom stereocenters. The van der Waals surface area contributed by atoms with Gasteiger partial charge in [0.15, 0.2) is 0 Å². The van der Waals surface area contributed by atoms with Crippen molar-refractivity contribution in [2.45, 2.75) is 39.2 Å². The van der Waals surface area contributed by atoms with Crippen molar-refractivity contribution in [1.29, 1.82) is 0 Å². The summed E-state index contributed by atoms with van der Waals surface area (Å²) >= 11 is 1.71. The van der Waals surface area contributed by atoms with Crippen LogP contribution in [-0.2, 0) is 18.4 Å². The van der Waals surface area contributed by atoms with Crippen LogP contribution in [0.15, 0.2) is 53.9 Å². The van der Waals surface area contributed by atoms with E-state index in [0.717, 1.165) is 40.5 Å². The van der Waals surface area contributed by atoms with Crippen molar-refractivity contribution >= 4 is 11.3 Å². The lowest BCUT2D eigenvalue weighted by Gasteiger charge is -2.21. The van der Waals surface area contributed by atoms with Crippen molar-refractivity contribution in [1.82, 2.24) is 10.3 Å². The zero-order valence-corrected chi connectivity index (χ0v) is 17.4. The van der Waals surface area contributed by atoms with Crippen molar-refractivity contribution in [3.8, 4) is 17.0 Å². The molecule has 0 saturated heterocycles. The molecule has 0 fully saturated rings. The third kappa shape index (κ3) is 5.18. The summed E-state index contributed by atoms with van der Waals surface area (Å²) < 4.78 is 6.19. The lowest BCUT2D eigenvalue weighted by atomic mass is 9.86. The number of nitrogens with one attached hydrogen (secondary N) is 1. The highest BCUT2D eigenvalue weighted by Gasteiger charge is 2.18. The van der Waals surface area contributed by atoms with E-state index in [1.165, 1.54) is 5.56 Å². The van der Waals surface area contributed by atoms with E-state index in [9.17, 15) is 0 Å². The molecule has 1 heterocycles. The van der Waals surface area contributed by atoms with Gasteiger partial charge in [-0.15, -0.1) is 11.3 Å². The van der Waals surface area contributed by atoms with E-state index in [-0.39, 0.29) is 5.41 Å². The second-order valence-corrected chi connectivity index (χ2v) is 8.66. The van der Waals surface area contributed by atoms with Crippen molar-refractivity contribution in [3.05, 3.63) is 70.0 Å². The van der Waals surface area contributed by atoms with Crippen LogP contribution in [0.1, 0.15) is 36.9 Å². The second-order valence-electron chi connectivity index (χ2n) is 7.72. The Morgan fingerprint density at radius 1 is 1.07 bits per heavy atom. The lowest BCUT2D eigenvalue weighted by Crippen LogP contribution is -2.11. The van der Waals surface area contributed by atoms with E-state index in [1.54, 1.807) is 11.3 Å². The minimum Gasteiger partial charge on any atom is -0.488 e. The highest BCUT2D eigenvalue weighted by atomic mass is 32.1. The molecule has 0 unspecified atom stereocenters. The molecule has 0 amide bonds. The summed E-state index contributed by atoms with van der Waals surface area (Å²) in [5.74, 6) is 0.886. The Labute approximate surface area is 166 Å². The van der Waals surface area contributed by atoms with Gasteiger partial charge in [-0.2, -0.15) is 0 Å². The molecule has 27 heavy (non-hydrogen) atoms. The number of aromatic nitrogens is 1. The predicted octanol–water partition coefficient (Wildman–Crippen LogP) is 5.45. The fourth-order valence-corrected chi connectivity index (χ4v) is 3.64. The van der Waals surface area contributed by atoms with Gasteiger partial charge < -0.3 is 10.1 Å². The molecule has 0 bridgehead atoms. The van der Waals surface area contributed by atoms with E-state index in [4.69, 9.17) is 9.72 Å². The van der Waals surface area contributed by atoms with E-state index >= 15 is 0 Å². The van der Waals surface area contributed by atoms with Gasteiger partial charge in [0, 0.05) is 23.9 Å². The molecular weight excluding hydrogens is 352 g/mol. The third-order valence-corrected chi connectivity index (χ3v) is 5.41. The Balaban J connectivity index is 1.91. The standard InChI is InChI=1S/C23H28N2OS/c1-23(2,3)18-10-11-21(26-15-17-8-6-5-7-9-17)19(14-18)20-16-27-22(25-20)12-13-24-4/h5-11,14,16,24H,12-13,15H2,1-4H3. The molecule has 0 aliphatic carbocycles. The molecule has 0 spiro atoms. The molecular formula is C23H28N2OS. The average molecular weight is 381 g/mol. The summed E-state index contributed by atoms with van der Waals surface area (Å²) in [6.45, 7) is 8.19. The van der Waals surface area contributed by atoms with Gasteiger partial charge in [0.25, 0.3) is 0 Å². The van der Waals surface area contributed by atoms with Crippen LogP contribution in [-0.4, -0.2) is 18.6 Å². The normalized spacial score (nSPS) is 11.6. The monoisotopic (exact) mass is 380 g/mol. The molecule has 142 valence electrons. The minimum atomic E-state index is 0.0810. The van der Waals surface area contributed by atoms with Crippen LogP contribution >= 0.6 is 11.3 Å². The van der Waals surface area contributed by atoms with Gasteiger partial charge in [-0.1, -0.05) is 57.2 Å². The van der Waals surface area contributed by atoms with E-state index in [1.807, 2.05) is 25.2 Å². The van der Waals surface area contributed by atoms with E-state index < -0.39 is 0 Å². The summed E-state index contributed by atoms with van der Waals surface area (Å²) in [4.78, 5) is 4.86. The van der Waals surface area contributed by atoms with Gasteiger partial charge in [0.2, 0.25) is 0 Å². The number of hydrogen-bond donors (Lipinski definition) is 1. The van der Waals surface area contributed by atoms with Crippen molar-refractivity contribution in [3.63, 3.8) is 0 Å². The van der Waals surface area contributed by atoms with E-state index in [0.29, 0.717) is 6.61 Å². The van der Waals surface area contributed by atoms with Crippen LogP contribution in [0.5, 0.6) is 5.75 Å². The molecule has 3 aromatic rings. The van der Waals surface area contributed by atoms with Gasteiger partial charge in [-0.25, -0.2) is 4.98 Å². The molecule has 2 aromatic carbocycles. The highest BCUT2D eigenvalue weighted by Crippen LogP contribution is 2.35. The molecule has 3 nitrogen and oxygen atoms in total. The quantitative estimate of drug-likeness (QED) is 0.592. The Kier molecular flexibility index (Phi) is 6.30. The number of benzene rings is 2. The topological polar surface area (TPSA) is 34.2 Å². The van der Waals surface area contributed by atoms with Gasteiger partial charge in [-0.05, 0) is 35.7 Å². The first-order chi connectivity index (χ1) is 13.0. The van der Waals surface area contributed by atoms with Gasteiger partial charge in [0.1, 0.15) is 12.4 Å². The predicted molar refractivity (Wildman–Crippen MR) is 115 cm³/mol. The maximum Gasteiger partial charge on any atom is 0.129 e. The first-order valence-corrected chi connectivity index (χ1v) is 10.3. The number of hydrogen-bond acceptors (Lipinski definition) is 4. The number of ether oxygens (including phenoxy) is 1. The first-order valence-electron chi connectivity index (χ1n) is 9.38. The summed E-state index contributed by atoms with van der Waals surface area (Å²) in [5, 5.41) is 6.47. The number of likely N-dealkylation sites (N-methyl/N-ethyl adjacent to an activating group) is 1. The Morgan fingerprint density at radius 3 is 2.56 bits per heavy atom. The molecule has 1 N–H and O–H groups in total. The number of nitrogens with zero attached hydrogens (tertiary/aromatic N) is 1. The van der Waals surface area contributed by atoms with Crippen LogP contribution in [0.4, 0.5) is 0 Å². The fraction of sp³-hybridized carbons (Fsp3) is 0.348. The summed E-state index contributed by atoms with van der Waals surface area (Å²) in [5.41, 5.74) is 4.61.